The van der Waals surface area contributed by atoms with E-state index in [1.54, 1.807) is 11.3 Å². The molecule has 3 heteroatoms. The van der Waals surface area contributed by atoms with Crippen molar-refractivity contribution >= 4 is 33.0 Å². The van der Waals surface area contributed by atoms with Crippen molar-refractivity contribution in [1.82, 2.24) is 0 Å². The highest BCUT2D eigenvalue weighted by atomic mass is 79.9. The molecular weight excluding hydrogens is 308 g/mol. The van der Waals surface area contributed by atoms with Crippen LogP contribution in [-0.4, -0.2) is 5.78 Å². The van der Waals surface area contributed by atoms with Crippen LogP contribution in [0.5, 0.6) is 0 Å². The Kier molecular flexibility index (Phi) is 3.12. The molecule has 0 saturated heterocycles. The Morgan fingerprint density at radius 3 is 2.78 bits per heavy atom. The largest absolute Gasteiger partial charge is 0.293 e. The Labute approximate surface area is 119 Å². The van der Waals surface area contributed by atoms with Gasteiger partial charge in [-0.1, -0.05) is 28.1 Å². The van der Waals surface area contributed by atoms with E-state index >= 15 is 0 Å². The maximum absolute atomic E-state index is 12.0. The summed E-state index contributed by atoms with van der Waals surface area (Å²) in [6.45, 7) is 2.10. The summed E-state index contributed by atoms with van der Waals surface area (Å²) in [5.41, 5.74) is 2.44. The van der Waals surface area contributed by atoms with Gasteiger partial charge in [0, 0.05) is 15.3 Å². The fraction of sp³-hybridized carbons (Fsp3) is 0.267. The van der Waals surface area contributed by atoms with E-state index in [-0.39, 0.29) is 0 Å². The summed E-state index contributed by atoms with van der Waals surface area (Å²) in [7, 11) is 0. The average molecular weight is 321 g/mol. The third-order valence-corrected chi connectivity index (χ3v) is 5.32. The fourth-order valence-electron chi connectivity index (χ4n) is 2.04. The van der Waals surface area contributed by atoms with E-state index in [0.29, 0.717) is 11.7 Å². The number of ketones is 1. The summed E-state index contributed by atoms with van der Waals surface area (Å²) in [4.78, 5) is 14.1. The average Bonchev–Trinajstić information content (AvgIpc) is 3.10. The van der Waals surface area contributed by atoms with Crippen molar-refractivity contribution in [2.75, 3.05) is 0 Å². The first kappa shape index (κ1) is 12.1. The second-order valence-electron chi connectivity index (χ2n) is 4.71. The van der Waals surface area contributed by atoms with Crippen molar-refractivity contribution in [3.8, 4) is 10.4 Å². The van der Waals surface area contributed by atoms with Crippen LogP contribution in [0.25, 0.3) is 10.4 Å². The standard InChI is InChI=1S/C15H13BrOS/c1-9-11(3-2-4-12(9)16)13-7-8-14(18-13)15(17)10-5-6-10/h2-4,7-8,10H,5-6H2,1H3. The van der Waals surface area contributed by atoms with Crippen LogP contribution in [0.3, 0.4) is 0 Å². The number of carbonyl (C=O) groups excluding carboxylic acids is 1. The van der Waals surface area contributed by atoms with Gasteiger partial charge in [0.1, 0.15) is 0 Å². The number of halogens is 1. The summed E-state index contributed by atoms with van der Waals surface area (Å²) in [5.74, 6) is 0.638. The summed E-state index contributed by atoms with van der Waals surface area (Å²) >= 11 is 5.16. The number of thiophene rings is 1. The van der Waals surface area contributed by atoms with Gasteiger partial charge in [-0.25, -0.2) is 0 Å². The SMILES string of the molecule is Cc1c(Br)cccc1-c1ccc(C(=O)C2CC2)s1. The molecule has 1 nitrogen and oxygen atoms in total. The van der Waals surface area contributed by atoms with Crippen LogP contribution in [0.1, 0.15) is 28.1 Å². The quantitative estimate of drug-likeness (QED) is 0.721. The van der Waals surface area contributed by atoms with Crippen LogP contribution in [0.15, 0.2) is 34.8 Å². The number of rotatable bonds is 3. The number of hydrogen-bond donors (Lipinski definition) is 0. The van der Waals surface area contributed by atoms with Crippen molar-refractivity contribution in [2.45, 2.75) is 19.8 Å². The Morgan fingerprint density at radius 1 is 1.28 bits per heavy atom. The van der Waals surface area contributed by atoms with Crippen molar-refractivity contribution < 1.29 is 4.79 Å². The van der Waals surface area contributed by atoms with E-state index in [4.69, 9.17) is 0 Å². The second-order valence-corrected chi connectivity index (χ2v) is 6.65. The molecule has 0 bridgehead atoms. The molecule has 0 spiro atoms. The zero-order chi connectivity index (χ0) is 12.7. The van der Waals surface area contributed by atoms with Crippen LogP contribution in [0.4, 0.5) is 0 Å². The second kappa shape index (κ2) is 4.63. The van der Waals surface area contributed by atoms with Crippen molar-refractivity contribution in [2.24, 2.45) is 5.92 Å². The highest BCUT2D eigenvalue weighted by molar-refractivity contribution is 9.10. The monoisotopic (exact) mass is 320 g/mol. The smallest absolute Gasteiger partial charge is 0.175 e. The molecule has 0 radical (unpaired) electrons. The first-order valence-corrected chi connectivity index (χ1v) is 7.67. The Balaban J connectivity index is 1.97. The molecule has 0 atom stereocenters. The molecular formula is C15H13BrOS. The Bertz CT molecular complexity index is 611. The van der Waals surface area contributed by atoms with Crippen LogP contribution in [0, 0.1) is 12.8 Å². The maximum Gasteiger partial charge on any atom is 0.175 e. The van der Waals surface area contributed by atoms with Crippen LogP contribution in [-0.2, 0) is 0 Å². The number of Topliss-reactive ketones (excluding diaryl/α,β-unsaturated/α-hetero) is 1. The van der Waals surface area contributed by atoms with Gasteiger partial charge in [0.15, 0.2) is 5.78 Å². The Hall–Kier alpha value is -0.930. The normalized spacial score (nSPS) is 14.8. The van der Waals surface area contributed by atoms with Crippen molar-refractivity contribution in [3.05, 3.63) is 45.2 Å². The first-order valence-electron chi connectivity index (χ1n) is 6.06. The molecule has 1 saturated carbocycles. The van der Waals surface area contributed by atoms with E-state index < -0.39 is 0 Å². The summed E-state index contributed by atoms with van der Waals surface area (Å²) in [6.07, 6.45) is 2.14. The van der Waals surface area contributed by atoms with Crippen molar-refractivity contribution in [3.63, 3.8) is 0 Å². The molecule has 0 amide bonds. The zero-order valence-corrected chi connectivity index (χ0v) is 12.5. The minimum atomic E-state index is 0.306. The van der Waals surface area contributed by atoms with E-state index in [2.05, 4.69) is 35.0 Å². The van der Waals surface area contributed by atoms with Crippen LogP contribution < -0.4 is 0 Å². The number of hydrogen-bond acceptors (Lipinski definition) is 2. The van der Waals surface area contributed by atoms with Gasteiger partial charge < -0.3 is 0 Å². The minimum absolute atomic E-state index is 0.306. The lowest BCUT2D eigenvalue weighted by Gasteiger charge is -2.04. The van der Waals surface area contributed by atoms with Gasteiger partial charge in [0.2, 0.25) is 0 Å². The van der Waals surface area contributed by atoms with Crippen LogP contribution in [0.2, 0.25) is 0 Å². The van der Waals surface area contributed by atoms with Gasteiger partial charge in [-0.15, -0.1) is 11.3 Å². The van der Waals surface area contributed by atoms with E-state index in [0.717, 1.165) is 22.2 Å². The topological polar surface area (TPSA) is 17.1 Å². The highest BCUT2D eigenvalue weighted by Gasteiger charge is 2.31. The molecule has 1 fully saturated rings. The van der Waals surface area contributed by atoms with Gasteiger partial charge >= 0.3 is 0 Å². The lowest BCUT2D eigenvalue weighted by atomic mass is 10.1. The van der Waals surface area contributed by atoms with E-state index in [1.165, 1.54) is 16.0 Å². The van der Waals surface area contributed by atoms with Gasteiger partial charge in [0.25, 0.3) is 0 Å². The lowest BCUT2D eigenvalue weighted by molar-refractivity contribution is 0.0971. The molecule has 1 aromatic heterocycles. The Morgan fingerprint density at radius 2 is 2.06 bits per heavy atom. The molecule has 1 heterocycles. The van der Waals surface area contributed by atoms with Gasteiger partial charge in [-0.2, -0.15) is 0 Å². The van der Waals surface area contributed by atoms with Gasteiger partial charge in [-0.05, 0) is 49.1 Å². The van der Waals surface area contributed by atoms with Crippen LogP contribution >= 0.6 is 27.3 Å². The molecule has 3 rings (SSSR count). The van der Waals surface area contributed by atoms with Gasteiger partial charge in [-0.3, -0.25) is 4.79 Å². The third-order valence-electron chi connectivity index (χ3n) is 3.33. The molecule has 92 valence electrons. The minimum Gasteiger partial charge on any atom is -0.293 e. The molecule has 1 aromatic carbocycles. The molecule has 0 aliphatic heterocycles. The predicted molar refractivity (Wildman–Crippen MR) is 79.2 cm³/mol. The highest BCUT2D eigenvalue weighted by Crippen LogP contribution is 2.38. The first-order chi connectivity index (χ1) is 8.66. The molecule has 2 aromatic rings. The number of benzene rings is 1. The van der Waals surface area contributed by atoms with Crippen molar-refractivity contribution in [1.29, 1.82) is 0 Å². The predicted octanol–water partition coefficient (Wildman–Crippen LogP) is 5.08. The van der Waals surface area contributed by atoms with E-state index in [1.807, 2.05) is 18.2 Å². The summed E-state index contributed by atoms with van der Waals surface area (Å²) in [5, 5.41) is 0. The maximum atomic E-state index is 12.0. The van der Waals surface area contributed by atoms with Gasteiger partial charge in [0.05, 0.1) is 4.88 Å². The molecule has 18 heavy (non-hydrogen) atoms. The molecule has 1 aliphatic rings. The molecule has 0 unspecified atom stereocenters. The summed E-state index contributed by atoms with van der Waals surface area (Å²) in [6, 6.07) is 10.2. The third kappa shape index (κ3) is 2.17. The zero-order valence-electron chi connectivity index (χ0n) is 10.1. The van der Waals surface area contributed by atoms with E-state index in [9.17, 15) is 4.79 Å². The molecule has 0 N–H and O–H groups in total. The lowest BCUT2D eigenvalue weighted by Crippen LogP contribution is -1.96. The summed E-state index contributed by atoms with van der Waals surface area (Å²) < 4.78 is 1.11. The number of carbonyl (C=O) groups is 1. The molecule has 1 aliphatic carbocycles. The fourth-order valence-corrected chi connectivity index (χ4v) is 3.51.